The van der Waals surface area contributed by atoms with Gasteiger partial charge in [-0.25, -0.2) is 0 Å². The predicted octanol–water partition coefficient (Wildman–Crippen LogP) is 0.672. The maximum atomic E-state index is 8.36. The minimum absolute atomic E-state index is 0.198. The normalized spacial score (nSPS) is 21.5. The molecule has 1 saturated heterocycles. The average molecular weight is 215 g/mol. The minimum atomic E-state index is 0.198. The Labute approximate surface area is 90.7 Å². The number of amidine groups is 1. The van der Waals surface area contributed by atoms with Crippen LogP contribution in [-0.2, 0) is 4.74 Å². The van der Waals surface area contributed by atoms with Gasteiger partial charge in [0.05, 0.1) is 0 Å². The van der Waals surface area contributed by atoms with E-state index in [0.717, 1.165) is 39.0 Å². The van der Waals surface area contributed by atoms with E-state index in [2.05, 4.69) is 17.4 Å². The first-order valence-corrected chi connectivity index (χ1v) is 5.45. The highest BCUT2D eigenvalue weighted by Gasteiger charge is 2.25. The molecule has 0 aromatic rings. The molecule has 0 saturated carbocycles. The number of nitrogens with two attached hydrogens (primary N) is 1. The SMILES string of the molecule is CC1(NCCCC(N)=NO)CCOCC1. The summed E-state index contributed by atoms with van der Waals surface area (Å²) in [5.74, 6) is 0.300. The van der Waals surface area contributed by atoms with Crippen molar-refractivity contribution in [2.24, 2.45) is 10.9 Å². The van der Waals surface area contributed by atoms with Gasteiger partial charge < -0.3 is 21.0 Å². The van der Waals surface area contributed by atoms with Crippen molar-refractivity contribution in [2.75, 3.05) is 19.8 Å². The quantitative estimate of drug-likeness (QED) is 0.207. The molecule has 0 atom stereocenters. The van der Waals surface area contributed by atoms with Gasteiger partial charge in [-0.05, 0) is 32.7 Å². The lowest BCUT2D eigenvalue weighted by Crippen LogP contribution is -2.47. The van der Waals surface area contributed by atoms with E-state index < -0.39 is 0 Å². The zero-order valence-electron chi connectivity index (χ0n) is 9.33. The Hall–Kier alpha value is -0.810. The number of hydrogen-bond donors (Lipinski definition) is 3. The second-order valence-corrected chi connectivity index (χ2v) is 4.29. The number of ether oxygens (including phenoxy) is 1. The molecule has 0 bridgehead atoms. The largest absolute Gasteiger partial charge is 0.409 e. The second-order valence-electron chi connectivity index (χ2n) is 4.29. The van der Waals surface area contributed by atoms with Crippen LogP contribution in [-0.4, -0.2) is 36.3 Å². The predicted molar refractivity (Wildman–Crippen MR) is 59.1 cm³/mol. The number of nitrogens with one attached hydrogen (secondary N) is 1. The summed E-state index contributed by atoms with van der Waals surface area (Å²) in [5, 5.41) is 14.8. The molecule has 88 valence electrons. The van der Waals surface area contributed by atoms with Gasteiger partial charge in [-0.2, -0.15) is 0 Å². The van der Waals surface area contributed by atoms with Gasteiger partial charge in [-0.15, -0.1) is 0 Å². The van der Waals surface area contributed by atoms with Crippen molar-refractivity contribution >= 4 is 5.84 Å². The maximum Gasteiger partial charge on any atom is 0.139 e. The summed E-state index contributed by atoms with van der Waals surface area (Å²) in [4.78, 5) is 0. The summed E-state index contributed by atoms with van der Waals surface area (Å²) in [6.45, 7) is 4.79. The highest BCUT2D eigenvalue weighted by atomic mass is 16.5. The minimum Gasteiger partial charge on any atom is -0.409 e. The van der Waals surface area contributed by atoms with Crippen molar-refractivity contribution in [1.82, 2.24) is 5.32 Å². The third kappa shape index (κ3) is 4.48. The molecule has 0 aromatic carbocycles. The summed E-state index contributed by atoms with van der Waals surface area (Å²) in [7, 11) is 0. The van der Waals surface area contributed by atoms with Crippen molar-refractivity contribution in [3.63, 3.8) is 0 Å². The number of nitrogens with zero attached hydrogens (tertiary/aromatic N) is 1. The van der Waals surface area contributed by atoms with Crippen molar-refractivity contribution in [3.8, 4) is 0 Å². The molecule has 0 aromatic heterocycles. The summed E-state index contributed by atoms with van der Waals surface area (Å²) >= 11 is 0. The van der Waals surface area contributed by atoms with E-state index in [9.17, 15) is 0 Å². The Morgan fingerprint density at radius 2 is 2.20 bits per heavy atom. The highest BCUT2D eigenvalue weighted by Crippen LogP contribution is 2.19. The first-order chi connectivity index (χ1) is 7.16. The van der Waals surface area contributed by atoms with Crippen LogP contribution in [0.15, 0.2) is 5.16 Å². The van der Waals surface area contributed by atoms with E-state index in [1.807, 2.05) is 0 Å². The third-order valence-corrected chi connectivity index (χ3v) is 2.89. The molecule has 5 nitrogen and oxygen atoms in total. The van der Waals surface area contributed by atoms with Crippen molar-refractivity contribution in [1.29, 1.82) is 0 Å². The van der Waals surface area contributed by atoms with E-state index in [0.29, 0.717) is 12.3 Å². The van der Waals surface area contributed by atoms with Gasteiger partial charge >= 0.3 is 0 Å². The van der Waals surface area contributed by atoms with E-state index in [-0.39, 0.29) is 5.54 Å². The molecule has 15 heavy (non-hydrogen) atoms. The molecular formula is C10H21N3O2. The lowest BCUT2D eigenvalue weighted by Gasteiger charge is -2.34. The summed E-state index contributed by atoms with van der Waals surface area (Å²) in [5.41, 5.74) is 5.58. The first kappa shape index (κ1) is 12.3. The van der Waals surface area contributed by atoms with Crippen LogP contribution in [0.5, 0.6) is 0 Å². The third-order valence-electron chi connectivity index (χ3n) is 2.89. The van der Waals surface area contributed by atoms with Crippen LogP contribution in [0, 0.1) is 0 Å². The molecule has 1 aliphatic heterocycles. The first-order valence-electron chi connectivity index (χ1n) is 5.45. The molecule has 0 spiro atoms. The molecule has 1 rings (SSSR count). The van der Waals surface area contributed by atoms with Crippen molar-refractivity contribution in [3.05, 3.63) is 0 Å². The van der Waals surface area contributed by atoms with Crippen LogP contribution in [0.2, 0.25) is 0 Å². The Kier molecular flexibility index (Phi) is 4.84. The summed E-state index contributed by atoms with van der Waals surface area (Å²) < 4.78 is 5.31. The molecule has 5 heteroatoms. The van der Waals surface area contributed by atoms with Crippen molar-refractivity contribution < 1.29 is 9.94 Å². The molecule has 1 heterocycles. The van der Waals surface area contributed by atoms with Crippen LogP contribution in [0.1, 0.15) is 32.6 Å². The lowest BCUT2D eigenvalue weighted by molar-refractivity contribution is 0.0454. The Morgan fingerprint density at radius 1 is 1.53 bits per heavy atom. The smallest absolute Gasteiger partial charge is 0.139 e. The standard InChI is InChI=1S/C10H21N3O2/c1-10(4-7-15-8-5-10)12-6-2-3-9(11)13-14/h12,14H,2-8H2,1H3,(H2,11,13). The highest BCUT2D eigenvalue weighted by molar-refractivity contribution is 5.79. The fourth-order valence-electron chi connectivity index (χ4n) is 1.71. The number of oxime groups is 1. The number of hydrogen-bond acceptors (Lipinski definition) is 4. The molecular weight excluding hydrogens is 194 g/mol. The Bertz CT molecular complexity index is 213. The van der Waals surface area contributed by atoms with E-state index >= 15 is 0 Å². The molecule has 0 unspecified atom stereocenters. The van der Waals surface area contributed by atoms with Gasteiger partial charge in [-0.3, -0.25) is 0 Å². The van der Waals surface area contributed by atoms with Crippen LogP contribution in [0.4, 0.5) is 0 Å². The van der Waals surface area contributed by atoms with Gasteiger partial charge in [-0.1, -0.05) is 5.16 Å². The van der Waals surface area contributed by atoms with Gasteiger partial charge in [0.15, 0.2) is 0 Å². The second kappa shape index (κ2) is 5.92. The molecule has 1 aliphatic rings. The maximum absolute atomic E-state index is 8.36. The fraction of sp³-hybridized carbons (Fsp3) is 0.900. The summed E-state index contributed by atoms with van der Waals surface area (Å²) in [6.07, 6.45) is 3.63. The van der Waals surface area contributed by atoms with Crippen LogP contribution < -0.4 is 11.1 Å². The van der Waals surface area contributed by atoms with E-state index in [4.69, 9.17) is 15.7 Å². The van der Waals surface area contributed by atoms with Crippen LogP contribution >= 0.6 is 0 Å². The van der Waals surface area contributed by atoms with Crippen LogP contribution in [0.25, 0.3) is 0 Å². The zero-order valence-corrected chi connectivity index (χ0v) is 9.33. The average Bonchev–Trinajstić information content (AvgIpc) is 2.25. The molecule has 0 amide bonds. The topological polar surface area (TPSA) is 79.9 Å². The zero-order chi connectivity index (χ0) is 11.1. The molecule has 1 fully saturated rings. The molecule has 0 radical (unpaired) electrons. The monoisotopic (exact) mass is 215 g/mol. The van der Waals surface area contributed by atoms with E-state index in [1.165, 1.54) is 0 Å². The van der Waals surface area contributed by atoms with Gasteiger partial charge in [0.2, 0.25) is 0 Å². The molecule has 0 aliphatic carbocycles. The fourth-order valence-corrected chi connectivity index (χ4v) is 1.71. The van der Waals surface area contributed by atoms with Gasteiger partial charge in [0, 0.05) is 25.2 Å². The van der Waals surface area contributed by atoms with Crippen molar-refractivity contribution in [2.45, 2.75) is 38.1 Å². The van der Waals surface area contributed by atoms with Crippen LogP contribution in [0.3, 0.4) is 0 Å². The molecule has 4 N–H and O–H groups in total. The Balaban J connectivity index is 2.13. The Morgan fingerprint density at radius 3 is 2.80 bits per heavy atom. The lowest BCUT2D eigenvalue weighted by atomic mass is 9.92. The van der Waals surface area contributed by atoms with E-state index in [1.54, 1.807) is 0 Å². The van der Waals surface area contributed by atoms with Gasteiger partial charge in [0.25, 0.3) is 0 Å². The van der Waals surface area contributed by atoms with Gasteiger partial charge in [0.1, 0.15) is 5.84 Å². The summed E-state index contributed by atoms with van der Waals surface area (Å²) in [6, 6.07) is 0. The number of rotatable bonds is 5.